The Labute approximate surface area is 151 Å². The number of hydrogen-bond donors (Lipinski definition) is 0. The molecule has 1 nitrogen and oxygen atoms in total. The van der Waals surface area contributed by atoms with E-state index in [1.807, 2.05) is 48.5 Å². The van der Waals surface area contributed by atoms with Crippen LogP contribution >= 0.6 is 55.1 Å². The van der Waals surface area contributed by atoms with Crippen molar-refractivity contribution in [3.8, 4) is 0 Å². The van der Waals surface area contributed by atoms with Gasteiger partial charge in [0.1, 0.15) is 0 Å². The van der Waals surface area contributed by atoms with Gasteiger partial charge in [0.25, 0.3) is 0 Å². The van der Waals surface area contributed by atoms with Gasteiger partial charge in [-0.05, 0) is 35.4 Å². The molecule has 0 aliphatic carbocycles. The lowest BCUT2D eigenvalue weighted by molar-refractivity contribution is 0.139. The molecule has 0 fully saturated rings. The normalized spacial score (nSPS) is 13.9. The van der Waals surface area contributed by atoms with Crippen molar-refractivity contribution in [2.75, 3.05) is 13.2 Å². The summed E-state index contributed by atoms with van der Waals surface area (Å²) in [5.41, 5.74) is 2.30. The molecule has 0 radical (unpaired) electrons. The van der Waals surface area contributed by atoms with Crippen LogP contribution in [-0.2, 0) is 4.74 Å². The Kier molecular flexibility index (Phi) is 7.03. The second kappa shape index (κ2) is 8.54. The molecule has 2 atom stereocenters. The Morgan fingerprint density at radius 1 is 0.714 bits per heavy atom. The Bertz CT molecular complexity index is 506. The van der Waals surface area contributed by atoms with Crippen molar-refractivity contribution >= 4 is 55.1 Å². The van der Waals surface area contributed by atoms with Crippen LogP contribution in [0.4, 0.5) is 0 Å². The van der Waals surface area contributed by atoms with Crippen molar-refractivity contribution in [3.05, 3.63) is 69.7 Å². The molecule has 0 aromatic heterocycles. The lowest BCUT2D eigenvalue weighted by atomic mass is 10.1. The quantitative estimate of drug-likeness (QED) is 0.449. The summed E-state index contributed by atoms with van der Waals surface area (Å²) in [5.74, 6) is 0. The minimum Gasteiger partial charge on any atom is -0.378 e. The van der Waals surface area contributed by atoms with Crippen molar-refractivity contribution in [1.29, 1.82) is 0 Å². The Balaban J connectivity index is 1.80. The van der Waals surface area contributed by atoms with Gasteiger partial charge in [0.2, 0.25) is 0 Å². The Morgan fingerprint density at radius 3 is 1.38 bits per heavy atom. The summed E-state index contributed by atoms with van der Waals surface area (Å²) in [4.78, 5) is 0.305. The van der Waals surface area contributed by atoms with Crippen LogP contribution in [0.3, 0.4) is 0 Å². The van der Waals surface area contributed by atoms with E-state index in [0.717, 1.165) is 21.2 Å². The van der Waals surface area contributed by atoms with Crippen LogP contribution in [0.2, 0.25) is 10.0 Å². The molecule has 2 aromatic carbocycles. The highest BCUT2D eigenvalue weighted by atomic mass is 79.9. The molecule has 2 aromatic rings. The van der Waals surface area contributed by atoms with Gasteiger partial charge >= 0.3 is 0 Å². The number of hydrogen-bond acceptors (Lipinski definition) is 1. The third-order valence-corrected chi connectivity index (χ3v) is 5.08. The van der Waals surface area contributed by atoms with Crippen LogP contribution in [0.5, 0.6) is 0 Å². The number of halogens is 4. The van der Waals surface area contributed by atoms with Gasteiger partial charge in [-0.3, -0.25) is 0 Å². The third kappa shape index (κ3) is 5.57. The first-order valence-electron chi connectivity index (χ1n) is 6.43. The van der Waals surface area contributed by atoms with Crippen LogP contribution in [0.1, 0.15) is 20.8 Å². The maximum Gasteiger partial charge on any atom is 0.0633 e. The molecular formula is C16H14Br2Cl2O. The van der Waals surface area contributed by atoms with Gasteiger partial charge in [-0.1, -0.05) is 79.3 Å². The van der Waals surface area contributed by atoms with E-state index in [2.05, 4.69) is 31.9 Å². The molecule has 0 aliphatic heterocycles. The van der Waals surface area contributed by atoms with Crippen molar-refractivity contribution < 1.29 is 4.74 Å². The minimum absolute atomic E-state index is 0.152. The summed E-state index contributed by atoms with van der Waals surface area (Å²) >= 11 is 19.0. The number of ether oxygens (including phenoxy) is 1. The van der Waals surface area contributed by atoms with Crippen molar-refractivity contribution in [1.82, 2.24) is 0 Å². The fourth-order valence-electron chi connectivity index (χ4n) is 1.81. The van der Waals surface area contributed by atoms with E-state index >= 15 is 0 Å². The molecule has 5 heteroatoms. The monoisotopic (exact) mass is 450 g/mol. The van der Waals surface area contributed by atoms with Crippen LogP contribution in [0.25, 0.3) is 0 Å². The van der Waals surface area contributed by atoms with Crippen molar-refractivity contribution in [2.24, 2.45) is 0 Å². The minimum atomic E-state index is 0.152. The van der Waals surface area contributed by atoms with Crippen LogP contribution in [-0.4, -0.2) is 13.2 Å². The van der Waals surface area contributed by atoms with Gasteiger partial charge in [-0.25, -0.2) is 0 Å². The fraction of sp³-hybridized carbons (Fsp3) is 0.250. The van der Waals surface area contributed by atoms with E-state index in [4.69, 9.17) is 27.9 Å². The van der Waals surface area contributed by atoms with Crippen molar-refractivity contribution in [2.45, 2.75) is 9.65 Å². The largest absolute Gasteiger partial charge is 0.378 e. The van der Waals surface area contributed by atoms with E-state index in [1.165, 1.54) is 0 Å². The highest BCUT2D eigenvalue weighted by molar-refractivity contribution is 9.09. The van der Waals surface area contributed by atoms with Gasteiger partial charge in [-0.15, -0.1) is 0 Å². The maximum absolute atomic E-state index is 5.88. The summed E-state index contributed by atoms with van der Waals surface area (Å²) in [6, 6.07) is 15.5. The summed E-state index contributed by atoms with van der Waals surface area (Å²) in [6.07, 6.45) is 0. The zero-order valence-corrected chi connectivity index (χ0v) is 15.8. The molecule has 0 aliphatic rings. The van der Waals surface area contributed by atoms with E-state index in [9.17, 15) is 0 Å². The lowest BCUT2D eigenvalue weighted by Gasteiger charge is -2.14. The topological polar surface area (TPSA) is 9.23 Å². The number of benzene rings is 2. The molecule has 112 valence electrons. The smallest absolute Gasteiger partial charge is 0.0633 e. The van der Waals surface area contributed by atoms with E-state index in [0.29, 0.717) is 13.2 Å². The molecule has 2 unspecified atom stereocenters. The predicted molar refractivity (Wildman–Crippen MR) is 97.1 cm³/mol. The van der Waals surface area contributed by atoms with Gasteiger partial charge < -0.3 is 4.74 Å². The first kappa shape index (κ1) is 17.3. The first-order chi connectivity index (χ1) is 10.1. The molecule has 0 saturated carbocycles. The summed E-state index contributed by atoms with van der Waals surface area (Å²) < 4.78 is 5.77. The van der Waals surface area contributed by atoms with Crippen LogP contribution < -0.4 is 0 Å². The summed E-state index contributed by atoms with van der Waals surface area (Å²) in [5, 5.41) is 1.48. The van der Waals surface area contributed by atoms with Gasteiger partial charge in [0.05, 0.1) is 22.9 Å². The van der Waals surface area contributed by atoms with Gasteiger partial charge in [0, 0.05) is 10.0 Å². The third-order valence-electron chi connectivity index (χ3n) is 2.99. The molecule has 0 amide bonds. The fourth-order valence-corrected chi connectivity index (χ4v) is 3.05. The van der Waals surface area contributed by atoms with E-state index < -0.39 is 0 Å². The predicted octanol–water partition coefficient (Wildman–Crippen LogP) is 6.58. The molecule has 0 heterocycles. The highest BCUT2D eigenvalue weighted by Gasteiger charge is 2.11. The summed E-state index contributed by atoms with van der Waals surface area (Å²) in [7, 11) is 0. The molecule has 0 spiro atoms. The second-order valence-corrected chi connectivity index (χ2v) is 7.66. The van der Waals surface area contributed by atoms with Gasteiger partial charge in [0.15, 0.2) is 0 Å². The molecular weight excluding hydrogens is 439 g/mol. The zero-order chi connectivity index (χ0) is 15.2. The van der Waals surface area contributed by atoms with Gasteiger partial charge in [-0.2, -0.15) is 0 Å². The standard InChI is InChI=1S/C16H14Br2Cl2O/c17-15(11-1-5-13(19)6-2-11)9-21-10-16(18)12-3-7-14(20)8-4-12/h1-8,15-16H,9-10H2. The van der Waals surface area contributed by atoms with Crippen LogP contribution in [0.15, 0.2) is 48.5 Å². The first-order valence-corrected chi connectivity index (χ1v) is 9.02. The zero-order valence-electron chi connectivity index (χ0n) is 11.1. The summed E-state index contributed by atoms with van der Waals surface area (Å²) in [6.45, 7) is 1.19. The number of alkyl halides is 2. The van der Waals surface area contributed by atoms with Crippen LogP contribution in [0, 0.1) is 0 Å². The Hall–Kier alpha value is -0.0600. The average molecular weight is 453 g/mol. The SMILES string of the molecule is Clc1ccc(C(Br)COCC(Br)c2ccc(Cl)cc2)cc1. The number of rotatable bonds is 6. The lowest BCUT2D eigenvalue weighted by Crippen LogP contribution is -2.07. The molecule has 0 bridgehead atoms. The molecule has 2 rings (SSSR count). The molecule has 21 heavy (non-hydrogen) atoms. The van der Waals surface area contributed by atoms with Crippen molar-refractivity contribution in [3.63, 3.8) is 0 Å². The highest BCUT2D eigenvalue weighted by Crippen LogP contribution is 2.27. The molecule has 0 N–H and O–H groups in total. The average Bonchev–Trinajstić information content (AvgIpc) is 2.48. The van der Waals surface area contributed by atoms with E-state index in [1.54, 1.807) is 0 Å². The van der Waals surface area contributed by atoms with E-state index in [-0.39, 0.29) is 9.65 Å². The molecule has 0 saturated heterocycles. The maximum atomic E-state index is 5.88. The Morgan fingerprint density at radius 2 is 1.05 bits per heavy atom. The second-order valence-electron chi connectivity index (χ2n) is 4.58.